The lowest BCUT2D eigenvalue weighted by atomic mass is 10.1. The van der Waals surface area contributed by atoms with Gasteiger partial charge in [0.05, 0.1) is 19.9 Å². The lowest BCUT2D eigenvalue weighted by molar-refractivity contribution is -0.136. The maximum absolute atomic E-state index is 12.1. The third kappa shape index (κ3) is 4.87. The van der Waals surface area contributed by atoms with E-state index in [2.05, 4.69) is 10.6 Å². The number of benzene rings is 1. The highest BCUT2D eigenvalue weighted by atomic mass is 16.5. The first-order chi connectivity index (χ1) is 11.1. The maximum Gasteiger partial charge on any atom is 0.313 e. The summed E-state index contributed by atoms with van der Waals surface area (Å²) in [5.74, 6) is -0.255. The maximum atomic E-state index is 12.1. The zero-order chi connectivity index (χ0) is 16.7. The summed E-state index contributed by atoms with van der Waals surface area (Å²) in [6, 6.07) is 5.11. The minimum absolute atomic E-state index is 0.0861. The summed E-state index contributed by atoms with van der Waals surface area (Å²) >= 11 is 0. The third-order valence-electron chi connectivity index (χ3n) is 4.05. The molecule has 2 rings (SSSR count). The fourth-order valence-corrected chi connectivity index (χ4v) is 2.77. The molecule has 2 N–H and O–H groups in total. The van der Waals surface area contributed by atoms with Crippen LogP contribution in [0.3, 0.4) is 0 Å². The molecule has 126 valence electrons. The molecule has 0 aromatic heterocycles. The molecule has 6 nitrogen and oxygen atoms in total. The smallest absolute Gasteiger partial charge is 0.313 e. The first kappa shape index (κ1) is 17.1. The van der Waals surface area contributed by atoms with Crippen molar-refractivity contribution in [3.63, 3.8) is 0 Å². The summed E-state index contributed by atoms with van der Waals surface area (Å²) in [5, 5.41) is 5.41. The van der Waals surface area contributed by atoms with Crippen LogP contribution in [0.5, 0.6) is 11.5 Å². The third-order valence-corrected chi connectivity index (χ3v) is 4.05. The van der Waals surface area contributed by atoms with Gasteiger partial charge in [0.25, 0.3) is 0 Å². The molecule has 1 aliphatic rings. The summed E-state index contributed by atoms with van der Waals surface area (Å²) in [4.78, 5) is 24.2. The summed E-state index contributed by atoms with van der Waals surface area (Å²) in [7, 11) is 3.04. The summed E-state index contributed by atoms with van der Waals surface area (Å²) in [5.41, 5.74) is 0.410. The molecule has 0 bridgehead atoms. The number of amides is 2. The number of carbonyl (C=O) groups excluding carboxylic acids is 2. The van der Waals surface area contributed by atoms with Crippen molar-refractivity contribution in [2.75, 3.05) is 19.5 Å². The minimum atomic E-state index is -0.694. The molecule has 23 heavy (non-hydrogen) atoms. The molecule has 0 spiro atoms. The molecule has 6 heteroatoms. The van der Waals surface area contributed by atoms with Gasteiger partial charge in [0, 0.05) is 12.1 Å². The predicted molar refractivity (Wildman–Crippen MR) is 87.8 cm³/mol. The van der Waals surface area contributed by atoms with E-state index in [0.29, 0.717) is 17.2 Å². The highest BCUT2D eigenvalue weighted by Crippen LogP contribution is 2.28. The molecule has 0 radical (unpaired) electrons. The van der Waals surface area contributed by atoms with E-state index in [9.17, 15) is 9.59 Å². The van der Waals surface area contributed by atoms with Crippen LogP contribution < -0.4 is 20.1 Å². The van der Waals surface area contributed by atoms with Gasteiger partial charge in [-0.25, -0.2) is 0 Å². The molecular weight excluding hydrogens is 296 g/mol. The van der Waals surface area contributed by atoms with Crippen molar-refractivity contribution >= 4 is 17.5 Å². The van der Waals surface area contributed by atoms with Crippen LogP contribution in [0.4, 0.5) is 5.69 Å². The molecule has 0 aliphatic heterocycles. The Morgan fingerprint density at radius 1 is 1.00 bits per heavy atom. The fourth-order valence-electron chi connectivity index (χ4n) is 2.77. The van der Waals surface area contributed by atoms with E-state index in [0.717, 1.165) is 25.7 Å². The monoisotopic (exact) mass is 320 g/mol. The highest BCUT2D eigenvalue weighted by molar-refractivity contribution is 6.39. The normalized spacial score (nSPS) is 15.4. The van der Waals surface area contributed by atoms with Gasteiger partial charge in [-0.1, -0.05) is 25.7 Å². The molecule has 1 fully saturated rings. The van der Waals surface area contributed by atoms with Crippen molar-refractivity contribution in [1.82, 2.24) is 5.32 Å². The second kappa shape index (κ2) is 8.41. The van der Waals surface area contributed by atoms with Crippen molar-refractivity contribution < 1.29 is 19.1 Å². The van der Waals surface area contributed by atoms with Gasteiger partial charge in [-0.2, -0.15) is 0 Å². The first-order valence-electron chi connectivity index (χ1n) is 7.98. The van der Waals surface area contributed by atoms with Gasteiger partial charge in [0.1, 0.15) is 11.5 Å². The highest BCUT2D eigenvalue weighted by Gasteiger charge is 2.21. The number of rotatable bonds is 4. The first-order valence-corrected chi connectivity index (χ1v) is 7.98. The zero-order valence-corrected chi connectivity index (χ0v) is 13.7. The number of nitrogens with one attached hydrogen (secondary N) is 2. The molecule has 0 atom stereocenters. The van der Waals surface area contributed by atoms with Crippen molar-refractivity contribution in [2.45, 2.75) is 44.6 Å². The number of carbonyl (C=O) groups is 2. The number of ether oxygens (including phenoxy) is 2. The molecular formula is C17H24N2O4. The van der Waals surface area contributed by atoms with Crippen LogP contribution in [-0.4, -0.2) is 32.1 Å². The van der Waals surface area contributed by atoms with Crippen LogP contribution in [0.1, 0.15) is 38.5 Å². The van der Waals surface area contributed by atoms with Gasteiger partial charge >= 0.3 is 11.8 Å². The fraction of sp³-hybridized carbons (Fsp3) is 0.529. The second-order valence-corrected chi connectivity index (χ2v) is 5.68. The molecule has 0 unspecified atom stereocenters. The van der Waals surface area contributed by atoms with Crippen molar-refractivity contribution in [3.05, 3.63) is 18.2 Å². The summed E-state index contributed by atoms with van der Waals surface area (Å²) in [6.45, 7) is 0. The van der Waals surface area contributed by atoms with Crippen LogP contribution in [0.15, 0.2) is 18.2 Å². The van der Waals surface area contributed by atoms with Gasteiger partial charge in [-0.3, -0.25) is 9.59 Å². The van der Waals surface area contributed by atoms with Gasteiger partial charge in [-0.15, -0.1) is 0 Å². The van der Waals surface area contributed by atoms with E-state index in [-0.39, 0.29) is 6.04 Å². The van der Waals surface area contributed by atoms with Crippen LogP contribution in [0, 0.1) is 0 Å². The molecule has 0 saturated heterocycles. The van der Waals surface area contributed by atoms with Crippen molar-refractivity contribution in [3.8, 4) is 11.5 Å². The number of hydrogen-bond donors (Lipinski definition) is 2. The Morgan fingerprint density at radius 3 is 2.30 bits per heavy atom. The number of hydrogen-bond acceptors (Lipinski definition) is 4. The summed E-state index contributed by atoms with van der Waals surface area (Å²) in [6.07, 6.45) is 6.44. The van der Waals surface area contributed by atoms with E-state index in [1.54, 1.807) is 18.2 Å². The SMILES string of the molecule is COc1ccc(OC)c(NC(=O)C(=O)NC2CCCCCC2)c1. The Kier molecular flexibility index (Phi) is 6.26. The molecule has 1 aromatic carbocycles. The van der Waals surface area contributed by atoms with Crippen LogP contribution in [-0.2, 0) is 9.59 Å². The molecule has 1 aromatic rings. The van der Waals surface area contributed by atoms with E-state index in [4.69, 9.17) is 9.47 Å². The van der Waals surface area contributed by atoms with Crippen molar-refractivity contribution in [2.24, 2.45) is 0 Å². The average molecular weight is 320 g/mol. The van der Waals surface area contributed by atoms with E-state index >= 15 is 0 Å². The minimum Gasteiger partial charge on any atom is -0.497 e. The Bertz CT molecular complexity index is 552. The Balaban J connectivity index is 1.98. The lowest BCUT2D eigenvalue weighted by Gasteiger charge is -2.16. The van der Waals surface area contributed by atoms with E-state index in [1.165, 1.54) is 27.1 Å². The Morgan fingerprint density at radius 2 is 1.70 bits per heavy atom. The standard InChI is InChI=1S/C17H24N2O4/c1-22-13-9-10-15(23-2)14(11-13)19-17(21)16(20)18-12-7-5-3-4-6-8-12/h9-12H,3-8H2,1-2H3,(H,18,20)(H,19,21). The quantitative estimate of drug-likeness (QED) is 0.660. The van der Waals surface area contributed by atoms with E-state index < -0.39 is 11.8 Å². The Labute approximate surface area is 136 Å². The lowest BCUT2D eigenvalue weighted by Crippen LogP contribution is -2.41. The second-order valence-electron chi connectivity index (χ2n) is 5.68. The van der Waals surface area contributed by atoms with Crippen LogP contribution >= 0.6 is 0 Å². The molecule has 0 heterocycles. The predicted octanol–water partition coefficient (Wildman–Crippen LogP) is 2.48. The van der Waals surface area contributed by atoms with Crippen LogP contribution in [0.25, 0.3) is 0 Å². The molecule has 1 aliphatic carbocycles. The van der Waals surface area contributed by atoms with Crippen LogP contribution in [0.2, 0.25) is 0 Å². The van der Waals surface area contributed by atoms with Gasteiger partial charge < -0.3 is 20.1 Å². The average Bonchev–Trinajstić information content (AvgIpc) is 2.83. The van der Waals surface area contributed by atoms with Gasteiger partial charge in [-0.05, 0) is 25.0 Å². The molecule has 1 saturated carbocycles. The Hall–Kier alpha value is -2.24. The summed E-state index contributed by atoms with van der Waals surface area (Å²) < 4.78 is 10.3. The van der Waals surface area contributed by atoms with E-state index in [1.807, 2.05) is 0 Å². The van der Waals surface area contributed by atoms with Crippen molar-refractivity contribution in [1.29, 1.82) is 0 Å². The largest absolute Gasteiger partial charge is 0.497 e. The topological polar surface area (TPSA) is 76.7 Å². The zero-order valence-electron chi connectivity index (χ0n) is 13.7. The number of methoxy groups -OCH3 is 2. The van der Waals surface area contributed by atoms with Gasteiger partial charge in [0.15, 0.2) is 0 Å². The molecule has 2 amide bonds. The number of anilines is 1. The van der Waals surface area contributed by atoms with Gasteiger partial charge in [0.2, 0.25) is 0 Å².